The fraction of sp³-hybridized carbons (Fsp3) is 0.588. The van der Waals surface area contributed by atoms with Crippen molar-refractivity contribution in [3.8, 4) is 0 Å². The van der Waals surface area contributed by atoms with Gasteiger partial charge in [0.1, 0.15) is 0 Å². The Hall–Kier alpha value is -1.35. The van der Waals surface area contributed by atoms with E-state index in [0.29, 0.717) is 0 Å². The lowest BCUT2D eigenvalue weighted by Gasteiger charge is -2.26. The van der Waals surface area contributed by atoms with Gasteiger partial charge < -0.3 is 10.3 Å². The fourth-order valence-electron chi connectivity index (χ4n) is 2.69. The van der Waals surface area contributed by atoms with E-state index in [4.69, 9.17) is 0 Å². The Balaban J connectivity index is 1.58. The van der Waals surface area contributed by atoms with Crippen LogP contribution in [0.1, 0.15) is 38.2 Å². The molecular formula is C17H27N3. The van der Waals surface area contributed by atoms with Gasteiger partial charge in [0.05, 0.1) is 0 Å². The Bertz CT molecular complexity index is 394. The summed E-state index contributed by atoms with van der Waals surface area (Å²) in [5.74, 6) is 0. The highest BCUT2D eigenvalue weighted by Crippen LogP contribution is 2.08. The number of benzene rings is 1. The normalized spacial score (nSPS) is 17.1. The van der Waals surface area contributed by atoms with E-state index < -0.39 is 0 Å². The monoisotopic (exact) mass is 273 g/mol. The molecule has 3 heteroatoms. The maximum Gasteiger partial charge on any atom is 0.0391 e. The Kier molecular flexibility index (Phi) is 6.58. The van der Waals surface area contributed by atoms with Crippen LogP contribution in [0.25, 0.3) is 0 Å². The lowest BCUT2D eigenvalue weighted by molar-refractivity contribution is 0.226. The summed E-state index contributed by atoms with van der Waals surface area (Å²) in [7, 11) is 0. The average Bonchev–Trinajstić information content (AvgIpc) is 2.49. The lowest BCUT2D eigenvalue weighted by Crippen LogP contribution is -2.31. The van der Waals surface area contributed by atoms with Crippen LogP contribution < -0.4 is 5.43 Å². The van der Waals surface area contributed by atoms with Gasteiger partial charge in [-0.2, -0.15) is 5.10 Å². The lowest BCUT2D eigenvalue weighted by atomic mass is 10.1. The van der Waals surface area contributed by atoms with Gasteiger partial charge in [-0.3, -0.25) is 0 Å². The average molecular weight is 273 g/mol. The van der Waals surface area contributed by atoms with Crippen molar-refractivity contribution >= 4 is 5.71 Å². The first-order chi connectivity index (χ1) is 9.84. The van der Waals surface area contributed by atoms with Gasteiger partial charge in [0.2, 0.25) is 0 Å². The number of piperidine rings is 1. The molecule has 2 rings (SSSR count). The number of rotatable bonds is 7. The van der Waals surface area contributed by atoms with E-state index in [1.165, 1.54) is 50.9 Å². The summed E-state index contributed by atoms with van der Waals surface area (Å²) in [4.78, 5) is 2.58. The molecule has 1 aliphatic heterocycles. The van der Waals surface area contributed by atoms with E-state index in [1.807, 2.05) is 0 Å². The zero-order valence-corrected chi connectivity index (χ0v) is 12.6. The summed E-state index contributed by atoms with van der Waals surface area (Å²) >= 11 is 0. The smallest absolute Gasteiger partial charge is 0.0391 e. The van der Waals surface area contributed by atoms with Crippen molar-refractivity contribution < 1.29 is 0 Å². The summed E-state index contributed by atoms with van der Waals surface area (Å²) < 4.78 is 0. The van der Waals surface area contributed by atoms with Gasteiger partial charge in [0.15, 0.2) is 0 Å². The highest BCUT2D eigenvalue weighted by Gasteiger charge is 2.08. The molecule has 3 nitrogen and oxygen atoms in total. The summed E-state index contributed by atoms with van der Waals surface area (Å²) in [6, 6.07) is 10.5. The van der Waals surface area contributed by atoms with Crippen molar-refractivity contribution in [3.63, 3.8) is 0 Å². The second kappa shape index (κ2) is 8.75. The van der Waals surface area contributed by atoms with Crippen LogP contribution >= 0.6 is 0 Å². The van der Waals surface area contributed by atoms with Crippen LogP contribution in [0.5, 0.6) is 0 Å². The summed E-state index contributed by atoms with van der Waals surface area (Å²) in [6.07, 6.45) is 6.28. The molecule has 0 aliphatic carbocycles. The highest BCUT2D eigenvalue weighted by atomic mass is 15.3. The molecule has 0 bridgehead atoms. The third-order valence-corrected chi connectivity index (χ3v) is 3.78. The Morgan fingerprint density at radius 3 is 2.65 bits per heavy atom. The van der Waals surface area contributed by atoms with Crippen LogP contribution in [-0.4, -0.2) is 36.8 Å². The molecule has 1 saturated heterocycles. The van der Waals surface area contributed by atoms with Crippen LogP contribution in [0, 0.1) is 0 Å². The predicted octanol–water partition coefficient (Wildman–Crippen LogP) is 3.07. The molecule has 1 aromatic rings. The Morgan fingerprint density at radius 1 is 1.15 bits per heavy atom. The molecular weight excluding hydrogens is 246 g/mol. The van der Waals surface area contributed by atoms with Crippen LogP contribution in [0.4, 0.5) is 0 Å². The molecule has 1 fully saturated rings. The molecule has 1 N–H and O–H groups in total. The molecule has 0 spiro atoms. The number of hydrogen-bond donors (Lipinski definition) is 1. The van der Waals surface area contributed by atoms with Gasteiger partial charge in [-0.25, -0.2) is 0 Å². The minimum Gasteiger partial charge on any atom is -0.310 e. The van der Waals surface area contributed by atoms with Gasteiger partial charge in [0.25, 0.3) is 0 Å². The number of hydrazone groups is 1. The zero-order valence-electron chi connectivity index (χ0n) is 12.6. The van der Waals surface area contributed by atoms with Gasteiger partial charge in [-0.1, -0.05) is 36.8 Å². The van der Waals surface area contributed by atoms with Crippen molar-refractivity contribution in [3.05, 3.63) is 35.9 Å². The van der Waals surface area contributed by atoms with E-state index in [2.05, 4.69) is 52.7 Å². The quantitative estimate of drug-likeness (QED) is 0.470. The minimum atomic E-state index is 0.931. The number of likely N-dealkylation sites (tertiary alicyclic amines) is 1. The molecule has 0 amide bonds. The van der Waals surface area contributed by atoms with E-state index in [0.717, 1.165) is 18.7 Å². The van der Waals surface area contributed by atoms with Crippen molar-refractivity contribution in [1.29, 1.82) is 0 Å². The zero-order chi connectivity index (χ0) is 14.0. The summed E-state index contributed by atoms with van der Waals surface area (Å²) in [5.41, 5.74) is 5.68. The van der Waals surface area contributed by atoms with Crippen molar-refractivity contribution in [1.82, 2.24) is 10.3 Å². The molecule has 0 aromatic heterocycles. The third-order valence-electron chi connectivity index (χ3n) is 3.78. The second-order valence-electron chi connectivity index (χ2n) is 5.67. The van der Waals surface area contributed by atoms with Crippen LogP contribution in [-0.2, 0) is 6.42 Å². The predicted molar refractivity (Wildman–Crippen MR) is 86.2 cm³/mol. The molecule has 0 radical (unpaired) electrons. The molecule has 1 aromatic carbocycles. The van der Waals surface area contributed by atoms with Crippen molar-refractivity contribution in [2.24, 2.45) is 5.10 Å². The molecule has 1 aliphatic rings. The van der Waals surface area contributed by atoms with Gasteiger partial charge in [0, 0.05) is 18.7 Å². The first-order valence-electron chi connectivity index (χ1n) is 7.87. The van der Waals surface area contributed by atoms with Gasteiger partial charge in [-0.15, -0.1) is 0 Å². The van der Waals surface area contributed by atoms with Crippen molar-refractivity contribution in [2.45, 2.75) is 39.0 Å². The third kappa shape index (κ3) is 5.74. The standard InChI is InChI=1S/C17H27N3/c1-16(15-17-9-4-2-5-10-17)19-18-11-8-14-20-12-6-3-7-13-20/h2,4-5,9-10,18H,3,6-8,11-15H2,1H3/b19-16-. The highest BCUT2D eigenvalue weighted by molar-refractivity contribution is 5.83. The first-order valence-corrected chi connectivity index (χ1v) is 7.87. The molecule has 20 heavy (non-hydrogen) atoms. The topological polar surface area (TPSA) is 27.6 Å². The van der Waals surface area contributed by atoms with Crippen LogP contribution in [0.3, 0.4) is 0 Å². The molecule has 0 atom stereocenters. The number of nitrogens with zero attached hydrogens (tertiary/aromatic N) is 2. The Morgan fingerprint density at radius 2 is 1.90 bits per heavy atom. The van der Waals surface area contributed by atoms with E-state index in [-0.39, 0.29) is 0 Å². The molecule has 0 saturated carbocycles. The van der Waals surface area contributed by atoms with Gasteiger partial charge >= 0.3 is 0 Å². The molecule has 0 unspecified atom stereocenters. The largest absolute Gasteiger partial charge is 0.310 e. The van der Waals surface area contributed by atoms with Crippen molar-refractivity contribution in [2.75, 3.05) is 26.2 Å². The van der Waals surface area contributed by atoms with E-state index >= 15 is 0 Å². The summed E-state index contributed by atoms with van der Waals surface area (Å²) in [6.45, 7) is 6.85. The van der Waals surface area contributed by atoms with Gasteiger partial charge in [-0.05, 0) is 51.4 Å². The van der Waals surface area contributed by atoms with Crippen LogP contribution in [0.15, 0.2) is 35.4 Å². The van der Waals surface area contributed by atoms with E-state index in [1.54, 1.807) is 0 Å². The second-order valence-corrected chi connectivity index (χ2v) is 5.67. The first kappa shape index (κ1) is 15.0. The fourth-order valence-corrected chi connectivity index (χ4v) is 2.69. The van der Waals surface area contributed by atoms with E-state index in [9.17, 15) is 0 Å². The van der Waals surface area contributed by atoms with Crippen LogP contribution in [0.2, 0.25) is 0 Å². The maximum absolute atomic E-state index is 4.45. The number of nitrogens with one attached hydrogen (secondary N) is 1. The molecule has 1 heterocycles. The SMILES string of the molecule is C/C(Cc1ccccc1)=N/NCCCN1CCCCC1. The molecule has 110 valence electrons. The minimum absolute atomic E-state index is 0.931. The maximum atomic E-state index is 4.45. The summed E-state index contributed by atoms with van der Waals surface area (Å²) in [5, 5.41) is 4.45. The Labute approximate surface area is 123 Å². The number of hydrogen-bond acceptors (Lipinski definition) is 3.